The van der Waals surface area contributed by atoms with Gasteiger partial charge in [-0.1, -0.05) is 12.2 Å². The molecule has 0 amide bonds. The molecule has 0 spiro atoms. The lowest BCUT2D eigenvalue weighted by atomic mass is 9.94. The average molecular weight is 267 g/mol. The highest BCUT2D eigenvalue weighted by Gasteiger charge is 2.16. The molecule has 0 radical (unpaired) electrons. The van der Waals surface area contributed by atoms with Gasteiger partial charge in [-0.2, -0.15) is 0 Å². The molecule has 2 rings (SSSR count). The highest BCUT2D eigenvalue weighted by Crippen LogP contribution is 2.23. The Bertz CT molecular complexity index is 491. The summed E-state index contributed by atoms with van der Waals surface area (Å²) in [5, 5.41) is 11.4. The van der Waals surface area contributed by atoms with E-state index in [0.717, 1.165) is 31.4 Å². The fraction of sp³-hybridized carbons (Fsp3) is 0.357. The van der Waals surface area contributed by atoms with Gasteiger partial charge in [-0.05, 0) is 37.3 Å². The molecule has 0 saturated carbocycles. The minimum absolute atomic E-state index is 0.250. The van der Waals surface area contributed by atoms with Crippen molar-refractivity contribution in [3.8, 4) is 0 Å². The van der Waals surface area contributed by atoms with E-state index in [4.69, 9.17) is 5.11 Å². The van der Waals surface area contributed by atoms with Gasteiger partial charge >= 0.3 is 5.97 Å². The van der Waals surface area contributed by atoms with Crippen molar-refractivity contribution in [2.24, 2.45) is 5.92 Å². The van der Waals surface area contributed by atoms with Gasteiger partial charge in [0.1, 0.15) is 17.3 Å². The van der Waals surface area contributed by atoms with Crippen LogP contribution in [0, 0.1) is 17.6 Å². The van der Waals surface area contributed by atoms with Gasteiger partial charge in [0.05, 0.1) is 5.56 Å². The summed E-state index contributed by atoms with van der Waals surface area (Å²) in [4.78, 5) is 10.7. The predicted molar refractivity (Wildman–Crippen MR) is 68.3 cm³/mol. The normalized spacial score (nSPS) is 18.3. The number of benzene rings is 1. The summed E-state index contributed by atoms with van der Waals surface area (Å²) in [5.74, 6) is -2.74. The maximum absolute atomic E-state index is 13.6. The number of anilines is 1. The molecule has 0 fully saturated rings. The molecule has 1 aromatic carbocycles. The molecule has 1 aliphatic carbocycles. The maximum Gasteiger partial charge on any atom is 0.335 e. The first-order valence-electron chi connectivity index (χ1n) is 6.19. The van der Waals surface area contributed by atoms with Gasteiger partial charge in [0.15, 0.2) is 0 Å². The number of nitrogens with one attached hydrogen (secondary N) is 1. The van der Waals surface area contributed by atoms with Crippen LogP contribution >= 0.6 is 0 Å². The second-order valence-electron chi connectivity index (χ2n) is 4.65. The summed E-state index contributed by atoms with van der Waals surface area (Å²) in [5.41, 5.74) is -0.638. The molecule has 1 aromatic rings. The molecular weight excluding hydrogens is 252 g/mol. The molecule has 0 heterocycles. The maximum atomic E-state index is 13.6. The predicted octanol–water partition coefficient (Wildman–Crippen LogP) is 3.43. The monoisotopic (exact) mass is 267 g/mol. The summed E-state index contributed by atoms with van der Waals surface area (Å²) in [6, 6.07) is 1.66. The lowest BCUT2D eigenvalue weighted by Gasteiger charge is -2.19. The van der Waals surface area contributed by atoms with Crippen LogP contribution in [-0.4, -0.2) is 17.6 Å². The first kappa shape index (κ1) is 13.5. The van der Waals surface area contributed by atoms with Crippen LogP contribution in [0.25, 0.3) is 0 Å². The van der Waals surface area contributed by atoms with Gasteiger partial charge in [0.2, 0.25) is 0 Å². The fourth-order valence-electron chi connectivity index (χ4n) is 2.15. The van der Waals surface area contributed by atoms with Crippen molar-refractivity contribution in [1.82, 2.24) is 0 Å². The Hall–Kier alpha value is -1.91. The van der Waals surface area contributed by atoms with Crippen molar-refractivity contribution < 1.29 is 18.7 Å². The number of allylic oxidation sites excluding steroid dienone is 2. The third-order valence-corrected chi connectivity index (χ3v) is 3.23. The first-order chi connectivity index (χ1) is 9.08. The quantitative estimate of drug-likeness (QED) is 0.822. The van der Waals surface area contributed by atoms with E-state index in [0.29, 0.717) is 12.5 Å². The number of carboxylic acids is 1. The standard InChI is InChI=1S/C14H15F2NO2/c15-11-6-10(14(18)19)7-12(16)13(11)17-8-9-4-2-1-3-5-9/h1-2,6-7,9,17H,3-5,8H2,(H,18,19). The number of hydrogen-bond acceptors (Lipinski definition) is 2. The van der Waals surface area contributed by atoms with Crippen molar-refractivity contribution in [1.29, 1.82) is 0 Å². The van der Waals surface area contributed by atoms with E-state index in [2.05, 4.69) is 17.5 Å². The highest BCUT2D eigenvalue weighted by molar-refractivity contribution is 5.88. The third kappa shape index (κ3) is 3.30. The molecule has 1 atom stereocenters. The summed E-state index contributed by atoms with van der Waals surface area (Å²) in [6.07, 6.45) is 7.02. The number of hydrogen-bond donors (Lipinski definition) is 2. The van der Waals surface area contributed by atoms with Gasteiger partial charge in [-0.3, -0.25) is 0 Å². The SMILES string of the molecule is O=C(O)c1cc(F)c(NCC2CC=CCC2)c(F)c1. The zero-order chi connectivity index (χ0) is 13.8. The Morgan fingerprint density at radius 2 is 2.00 bits per heavy atom. The smallest absolute Gasteiger partial charge is 0.335 e. The van der Waals surface area contributed by atoms with Crippen LogP contribution in [0.1, 0.15) is 29.6 Å². The first-order valence-corrected chi connectivity index (χ1v) is 6.19. The van der Waals surface area contributed by atoms with Crippen molar-refractivity contribution in [3.05, 3.63) is 41.5 Å². The van der Waals surface area contributed by atoms with E-state index in [1.54, 1.807) is 0 Å². The van der Waals surface area contributed by atoms with Gasteiger partial charge in [-0.15, -0.1) is 0 Å². The number of halogens is 2. The molecule has 0 aliphatic heterocycles. The van der Waals surface area contributed by atoms with E-state index in [1.165, 1.54) is 0 Å². The zero-order valence-electron chi connectivity index (χ0n) is 10.3. The van der Waals surface area contributed by atoms with Crippen LogP contribution in [0.5, 0.6) is 0 Å². The number of carbonyl (C=O) groups is 1. The molecule has 5 heteroatoms. The van der Waals surface area contributed by atoms with Crippen LogP contribution < -0.4 is 5.32 Å². The Morgan fingerprint density at radius 3 is 2.53 bits per heavy atom. The lowest BCUT2D eigenvalue weighted by molar-refractivity contribution is 0.0696. The molecule has 1 unspecified atom stereocenters. The molecule has 0 bridgehead atoms. The zero-order valence-corrected chi connectivity index (χ0v) is 10.3. The van der Waals surface area contributed by atoms with E-state index in [-0.39, 0.29) is 11.3 Å². The Morgan fingerprint density at radius 1 is 1.32 bits per heavy atom. The third-order valence-electron chi connectivity index (χ3n) is 3.23. The molecule has 19 heavy (non-hydrogen) atoms. The Kier molecular flexibility index (Phi) is 4.14. The number of carboxylic acid groups (broad SMARTS) is 1. The van der Waals surface area contributed by atoms with Crippen LogP contribution in [-0.2, 0) is 0 Å². The van der Waals surface area contributed by atoms with Crippen LogP contribution in [0.2, 0.25) is 0 Å². The van der Waals surface area contributed by atoms with Crippen LogP contribution in [0.3, 0.4) is 0 Å². The Balaban J connectivity index is 2.07. The largest absolute Gasteiger partial charge is 0.478 e. The van der Waals surface area contributed by atoms with E-state index < -0.39 is 17.6 Å². The van der Waals surface area contributed by atoms with E-state index in [1.807, 2.05) is 0 Å². The van der Waals surface area contributed by atoms with Crippen molar-refractivity contribution in [3.63, 3.8) is 0 Å². The van der Waals surface area contributed by atoms with Crippen molar-refractivity contribution >= 4 is 11.7 Å². The minimum atomic E-state index is -1.35. The van der Waals surface area contributed by atoms with Crippen LogP contribution in [0.4, 0.5) is 14.5 Å². The lowest BCUT2D eigenvalue weighted by Crippen LogP contribution is -2.17. The molecule has 2 N–H and O–H groups in total. The Labute approximate surface area is 109 Å². The summed E-state index contributed by atoms with van der Waals surface area (Å²) in [7, 11) is 0. The number of rotatable bonds is 4. The highest BCUT2D eigenvalue weighted by atomic mass is 19.1. The topological polar surface area (TPSA) is 49.3 Å². The van der Waals surface area contributed by atoms with Gasteiger partial charge in [0, 0.05) is 6.54 Å². The molecule has 3 nitrogen and oxygen atoms in total. The van der Waals surface area contributed by atoms with Crippen molar-refractivity contribution in [2.45, 2.75) is 19.3 Å². The average Bonchev–Trinajstić information content (AvgIpc) is 2.38. The summed E-state index contributed by atoms with van der Waals surface area (Å²) < 4.78 is 27.3. The molecule has 0 aromatic heterocycles. The van der Waals surface area contributed by atoms with Crippen molar-refractivity contribution in [2.75, 3.05) is 11.9 Å². The second-order valence-corrected chi connectivity index (χ2v) is 4.65. The van der Waals surface area contributed by atoms with Crippen LogP contribution in [0.15, 0.2) is 24.3 Å². The summed E-state index contributed by atoms with van der Waals surface area (Å²) in [6.45, 7) is 0.477. The van der Waals surface area contributed by atoms with Gasteiger partial charge in [0.25, 0.3) is 0 Å². The van der Waals surface area contributed by atoms with Gasteiger partial charge in [-0.25, -0.2) is 13.6 Å². The molecule has 0 saturated heterocycles. The molecule has 102 valence electrons. The van der Waals surface area contributed by atoms with Gasteiger partial charge < -0.3 is 10.4 Å². The fourth-order valence-corrected chi connectivity index (χ4v) is 2.15. The molecule has 1 aliphatic rings. The second kappa shape index (κ2) is 5.82. The number of aromatic carboxylic acids is 1. The minimum Gasteiger partial charge on any atom is -0.478 e. The van der Waals surface area contributed by atoms with E-state index in [9.17, 15) is 13.6 Å². The summed E-state index contributed by atoms with van der Waals surface area (Å²) >= 11 is 0. The molecular formula is C14H15F2NO2. The van der Waals surface area contributed by atoms with E-state index >= 15 is 0 Å².